The van der Waals surface area contributed by atoms with Gasteiger partial charge in [0, 0.05) is 26.2 Å². The van der Waals surface area contributed by atoms with Crippen molar-refractivity contribution in [1.29, 1.82) is 0 Å². The number of nitrogens with zero attached hydrogens (tertiary/aromatic N) is 2. The van der Waals surface area contributed by atoms with Crippen LogP contribution in [-0.2, 0) is 17.9 Å². The average molecular weight is 308 g/mol. The Bertz CT molecular complexity index is 627. The van der Waals surface area contributed by atoms with Crippen molar-refractivity contribution < 1.29 is 4.79 Å². The van der Waals surface area contributed by atoms with Crippen LogP contribution in [0.15, 0.2) is 60.7 Å². The van der Waals surface area contributed by atoms with Crippen LogP contribution in [0.2, 0.25) is 0 Å². The van der Waals surface area contributed by atoms with Crippen molar-refractivity contribution in [3.05, 3.63) is 71.8 Å². The van der Waals surface area contributed by atoms with Crippen LogP contribution in [0.25, 0.3) is 0 Å². The molecule has 0 aliphatic carbocycles. The van der Waals surface area contributed by atoms with Crippen LogP contribution in [-0.4, -0.2) is 34.8 Å². The Morgan fingerprint density at radius 1 is 0.870 bits per heavy atom. The second-order valence-corrected chi connectivity index (χ2v) is 6.13. The number of hydrogen-bond acceptors (Lipinski definition) is 2. The summed E-state index contributed by atoms with van der Waals surface area (Å²) in [4.78, 5) is 17.2. The van der Waals surface area contributed by atoms with E-state index in [0.717, 1.165) is 32.6 Å². The van der Waals surface area contributed by atoms with Crippen LogP contribution in [0.4, 0.5) is 0 Å². The van der Waals surface area contributed by atoms with E-state index >= 15 is 0 Å². The van der Waals surface area contributed by atoms with E-state index < -0.39 is 0 Å². The lowest BCUT2D eigenvalue weighted by Crippen LogP contribution is -2.55. The predicted octanol–water partition coefficient (Wildman–Crippen LogP) is 3.31. The molecule has 0 spiro atoms. The fraction of sp³-hybridized carbons (Fsp3) is 0.350. The van der Waals surface area contributed by atoms with E-state index in [1.165, 1.54) is 11.1 Å². The lowest BCUT2D eigenvalue weighted by atomic mass is 10.1. The maximum absolute atomic E-state index is 12.8. The maximum atomic E-state index is 12.8. The minimum Gasteiger partial charge on any atom is -0.336 e. The fourth-order valence-corrected chi connectivity index (χ4v) is 3.28. The molecule has 0 N–H and O–H groups in total. The molecule has 0 bridgehead atoms. The van der Waals surface area contributed by atoms with E-state index in [1.54, 1.807) is 0 Å². The average Bonchev–Trinajstić information content (AvgIpc) is 2.59. The van der Waals surface area contributed by atoms with Gasteiger partial charge >= 0.3 is 0 Å². The van der Waals surface area contributed by atoms with Gasteiger partial charge in [-0.15, -0.1) is 0 Å². The summed E-state index contributed by atoms with van der Waals surface area (Å²) in [6.45, 7) is 5.41. The Hall–Kier alpha value is -2.13. The van der Waals surface area contributed by atoms with Gasteiger partial charge in [0.15, 0.2) is 0 Å². The van der Waals surface area contributed by atoms with E-state index in [9.17, 15) is 4.79 Å². The van der Waals surface area contributed by atoms with Gasteiger partial charge in [-0.05, 0) is 17.5 Å². The molecule has 0 radical (unpaired) electrons. The molecule has 0 unspecified atom stereocenters. The van der Waals surface area contributed by atoms with Gasteiger partial charge in [-0.25, -0.2) is 0 Å². The first-order valence-corrected chi connectivity index (χ1v) is 8.38. The number of hydrogen-bond donors (Lipinski definition) is 0. The largest absolute Gasteiger partial charge is 0.336 e. The lowest BCUT2D eigenvalue weighted by molar-refractivity contribution is -0.143. The van der Waals surface area contributed by atoms with E-state index in [0.29, 0.717) is 0 Å². The number of benzene rings is 2. The zero-order valence-electron chi connectivity index (χ0n) is 13.7. The molecule has 120 valence electrons. The van der Waals surface area contributed by atoms with E-state index in [4.69, 9.17) is 0 Å². The standard InChI is InChI=1S/C20H24N2O/c1-2-19-20(23)22(16-18-11-7-4-8-12-18)14-13-21(19)15-17-9-5-3-6-10-17/h3-12,19H,2,13-16H2,1H3/t19-/m0/s1. The number of piperazine rings is 1. The topological polar surface area (TPSA) is 23.6 Å². The minimum atomic E-state index is -0.00679. The van der Waals surface area contributed by atoms with Crippen LogP contribution in [0, 0.1) is 0 Å². The second kappa shape index (κ2) is 7.42. The van der Waals surface area contributed by atoms with Crippen LogP contribution < -0.4 is 0 Å². The summed E-state index contributed by atoms with van der Waals surface area (Å²) in [5.41, 5.74) is 2.47. The van der Waals surface area contributed by atoms with Crippen molar-refractivity contribution in [2.45, 2.75) is 32.5 Å². The molecular formula is C20H24N2O. The molecule has 1 fully saturated rings. The van der Waals surface area contributed by atoms with Crippen molar-refractivity contribution >= 4 is 5.91 Å². The van der Waals surface area contributed by atoms with Crippen molar-refractivity contribution in [1.82, 2.24) is 9.80 Å². The molecule has 1 heterocycles. The highest BCUT2D eigenvalue weighted by Gasteiger charge is 2.33. The van der Waals surface area contributed by atoms with Gasteiger partial charge in [-0.1, -0.05) is 67.6 Å². The summed E-state index contributed by atoms with van der Waals surface area (Å²) in [6.07, 6.45) is 0.858. The molecule has 1 amide bonds. The molecule has 2 aromatic carbocycles. The normalized spacial score (nSPS) is 19.1. The fourth-order valence-electron chi connectivity index (χ4n) is 3.28. The highest BCUT2D eigenvalue weighted by molar-refractivity contribution is 5.82. The number of rotatable bonds is 5. The molecule has 1 atom stereocenters. The maximum Gasteiger partial charge on any atom is 0.240 e. The van der Waals surface area contributed by atoms with Crippen molar-refractivity contribution in [3.8, 4) is 0 Å². The Morgan fingerprint density at radius 3 is 2.00 bits per heavy atom. The van der Waals surface area contributed by atoms with Crippen LogP contribution in [0.1, 0.15) is 24.5 Å². The molecule has 3 rings (SSSR count). The molecule has 1 aliphatic heterocycles. The van der Waals surface area contributed by atoms with E-state index in [-0.39, 0.29) is 11.9 Å². The minimum absolute atomic E-state index is 0.00679. The zero-order chi connectivity index (χ0) is 16.1. The molecule has 0 saturated carbocycles. The number of carbonyl (C=O) groups is 1. The Kier molecular flexibility index (Phi) is 5.09. The second-order valence-electron chi connectivity index (χ2n) is 6.13. The summed E-state index contributed by atoms with van der Waals surface area (Å²) in [7, 11) is 0. The molecule has 1 saturated heterocycles. The third-order valence-electron chi connectivity index (χ3n) is 4.53. The predicted molar refractivity (Wildman–Crippen MR) is 92.8 cm³/mol. The van der Waals surface area contributed by atoms with Crippen LogP contribution in [0.5, 0.6) is 0 Å². The highest BCUT2D eigenvalue weighted by Crippen LogP contribution is 2.19. The van der Waals surface area contributed by atoms with E-state index in [1.807, 2.05) is 29.2 Å². The van der Waals surface area contributed by atoms with E-state index in [2.05, 4.69) is 48.2 Å². The molecule has 3 nitrogen and oxygen atoms in total. The summed E-state index contributed by atoms with van der Waals surface area (Å²) in [6, 6.07) is 20.7. The molecule has 0 aromatic heterocycles. The Balaban J connectivity index is 1.67. The van der Waals surface area contributed by atoms with Gasteiger partial charge in [-0.3, -0.25) is 9.69 Å². The van der Waals surface area contributed by atoms with Gasteiger partial charge < -0.3 is 4.90 Å². The molecule has 2 aromatic rings. The first kappa shape index (κ1) is 15.8. The van der Waals surface area contributed by atoms with Gasteiger partial charge in [-0.2, -0.15) is 0 Å². The monoisotopic (exact) mass is 308 g/mol. The zero-order valence-corrected chi connectivity index (χ0v) is 13.7. The molecule has 1 aliphatic rings. The number of amides is 1. The molecule has 23 heavy (non-hydrogen) atoms. The van der Waals surface area contributed by atoms with Crippen LogP contribution >= 0.6 is 0 Å². The van der Waals surface area contributed by atoms with Gasteiger partial charge in [0.05, 0.1) is 6.04 Å². The third kappa shape index (κ3) is 3.80. The summed E-state index contributed by atoms with van der Waals surface area (Å²) < 4.78 is 0. The van der Waals surface area contributed by atoms with Crippen LogP contribution in [0.3, 0.4) is 0 Å². The summed E-state index contributed by atoms with van der Waals surface area (Å²) in [5.74, 6) is 0.263. The van der Waals surface area contributed by atoms with Gasteiger partial charge in [0.1, 0.15) is 0 Å². The quantitative estimate of drug-likeness (QED) is 0.846. The molecule has 3 heteroatoms. The summed E-state index contributed by atoms with van der Waals surface area (Å²) >= 11 is 0. The van der Waals surface area contributed by atoms with Gasteiger partial charge in [0.25, 0.3) is 0 Å². The smallest absolute Gasteiger partial charge is 0.240 e. The highest BCUT2D eigenvalue weighted by atomic mass is 16.2. The lowest BCUT2D eigenvalue weighted by Gasteiger charge is -2.40. The van der Waals surface area contributed by atoms with Gasteiger partial charge in [0.2, 0.25) is 5.91 Å². The Labute approximate surface area is 138 Å². The molecular weight excluding hydrogens is 284 g/mol. The first-order valence-electron chi connectivity index (χ1n) is 8.38. The van der Waals surface area contributed by atoms with Crippen molar-refractivity contribution in [2.75, 3.05) is 13.1 Å². The van der Waals surface area contributed by atoms with Crippen molar-refractivity contribution in [3.63, 3.8) is 0 Å². The van der Waals surface area contributed by atoms with Crippen molar-refractivity contribution in [2.24, 2.45) is 0 Å². The first-order chi connectivity index (χ1) is 11.3. The number of carbonyl (C=O) groups excluding carboxylic acids is 1. The SMILES string of the molecule is CC[C@H]1C(=O)N(Cc2ccccc2)CCN1Cc1ccccc1. The third-order valence-corrected chi connectivity index (χ3v) is 4.53. The Morgan fingerprint density at radius 2 is 1.43 bits per heavy atom. The summed E-state index contributed by atoms with van der Waals surface area (Å²) in [5, 5.41) is 0.